The predicted molar refractivity (Wildman–Crippen MR) is 76.1 cm³/mol. The summed E-state index contributed by atoms with van der Waals surface area (Å²) < 4.78 is 0. The molecule has 0 bridgehead atoms. The summed E-state index contributed by atoms with van der Waals surface area (Å²) in [6.07, 6.45) is 0. The number of carboxylic acid groups (broad SMARTS) is 1. The van der Waals surface area contributed by atoms with Crippen molar-refractivity contribution in [2.45, 2.75) is 0 Å². The van der Waals surface area contributed by atoms with E-state index in [0.29, 0.717) is 0 Å². The van der Waals surface area contributed by atoms with E-state index < -0.39 is 11.9 Å². The van der Waals surface area contributed by atoms with Gasteiger partial charge in [0.15, 0.2) is 0 Å². The molecule has 0 aromatic heterocycles. The molecule has 0 spiro atoms. The van der Waals surface area contributed by atoms with Crippen LogP contribution in [0.5, 0.6) is 11.5 Å². The zero-order valence-electron chi connectivity index (χ0n) is 10.5. The van der Waals surface area contributed by atoms with Crippen LogP contribution in [0.25, 0.3) is 0 Å². The lowest BCUT2D eigenvalue weighted by atomic mass is 10.1. The maximum Gasteiger partial charge on any atom is 0.335 e. The number of rotatable bonds is 3. The van der Waals surface area contributed by atoms with Crippen molar-refractivity contribution in [1.82, 2.24) is 0 Å². The van der Waals surface area contributed by atoms with Crippen LogP contribution in [0.3, 0.4) is 0 Å². The fourth-order valence-corrected chi connectivity index (χ4v) is 1.88. The van der Waals surface area contributed by atoms with Crippen molar-refractivity contribution in [3.05, 3.63) is 52.5 Å². The van der Waals surface area contributed by atoms with E-state index in [1.54, 1.807) is 0 Å². The van der Waals surface area contributed by atoms with Gasteiger partial charge in [-0.25, -0.2) is 4.79 Å². The monoisotopic (exact) mass is 307 g/mol. The van der Waals surface area contributed by atoms with Crippen LogP contribution < -0.4 is 5.32 Å². The van der Waals surface area contributed by atoms with Crippen molar-refractivity contribution in [3.63, 3.8) is 0 Å². The van der Waals surface area contributed by atoms with Crippen molar-refractivity contribution in [3.8, 4) is 11.5 Å². The third-order valence-electron chi connectivity index (χ3n) is 2.69. The van der Waals surface area contributed by atoms with Gasteiger partial charge < -0.3 is 20.6 Å². The van der Waals surface area contributed by atoms with Crippen molar-refractivity contribution in [2.24, 2.45) is 0 Å². The molecule has 21 heavy (non-hydrogen) atoms. The Kier molecular flexibility index (Phi) is 4.00. The van der Waals surface area contributed by atoms with Gasteiger partial charge in [-0.1, -0.05) is 11.6 Å². The molecule has 0 saturated heterocycles. The fourth-order valence-electron chi connectivity index (χ4n) is 1.65. The highest BCUT2D eigenvalue weighted by Gasteiger charge is 2.14. The second-order valence-electron chi connectivity index (χ2n) is 4.16. The summed E-state index contributed by atoms with van der Waals surface area (Å²) in [6, 6.07) is 7.38. The first kappa shape index (κ1) is 14.7. The maximum absolute atomic E-state index is 12.0. The molecule has 0 aliphatic heterocycles. The van der Waals surface area contributed by atoms with Crippen LogP contribution in [0.2, 0.25) is 5.02 Å². The number of hydrogen-bond donors (Lipinski definition) is 4. The topological polar surface area (TPSA) is 107 Å². The zero-order valence-corrected chi connectivity index (χ0v) is 11.3. The van der Waals surface area contributed by atoms with Gasteiger partial charge in [-0.05, 0) is 30.3 Å². The summed E-state index contributed by atoms with van der Waals surface area (Å²) >= 11 is 5.89. The van der Waals surface area contributed by atoms with Crippen LogP contribution in [-0.4, -0.2) is 27.2 Å². The number of nitrogens with one attached hydrogen (secondary N) is 1. The Labute approximate surface area is 124 Å². The Balaban J connectivity index is 2.25. The van der Waals surface area contributed by atoms with E-state index in [-0.39, 0.29) is 33.3 Å². The SMILES string of the molecule is O=C(O)c1ccc(NC(=O)c2ccc(O)cc2O)c(Cl)c1. The highest BCUT2D eigenvalue weighted by Crippen LogP contribution is 2.26. The van der Waals surface area contributed by atoms with Crippen LogP contribution in [-0.2, 0) is 0 Å². The normalized spacial score (nSPS) is 10.1. The number of hydrogen-bond acceptors (Lipinski definition) is 4. The Morgan fingerprint density at radius 1 is 1.05 bits per heavy atom. The molecule has 2 aromatic carbocycles. The first-order valence-corrected chi connectivity index (χ1v) is 6.12. The number of amides is 1. The van der Waals surface area contributed by atoms with Crippen LogP contribution >= 0.6 is 11.6 Å². The molecule has 0 unspecified atom stereocenters. The average Bonchev–Trinajstić information content (AvgIpc) is 2.40. The molecule has 0 fully saturated rings. The second-order valence-corrected chi connectivity index (χ2v) is 4.56. The number of carbonyl (C=O) groups excluding carboxylic acids is 1. The lowest BCUT2D eigenvalue weighted by Gasteiger charge is -2.09. The lowest BCUT2D eigenvalue weighted by Crippen LogP contribution is -2.12. The second kappa shape index (κ2) is 5.72. The van der Waals surface area contributed by atoms with Crippen LogP contribution in [0.1, 0.15) is 20.7 Å². The molecule has 6 nitrogen and oxygen atoms in total. The van der Waals surface area contributed by atoms with Gasteiger partial charge in [0.25, 0.3) is 5.91 Å². The number of halogens is 1. The van der Waals surface area contributed by atoms with Crippen LogP contribution in [0.4, 0.5) is 5.69 Å². The summed E-state index contributed by atoms with van der Waals surface area (Å²) in [5.41, 5.74) is 0.149. The largest absolute Gasteiger partial charge is 0.508 e. The summed E-state index contributed by atoms with van der Waals surface area (Å²) in [6.45, 7) is 0. The molecule has 0 saturated carbocycles. The van der Waals surface area contributed by atoms with Gasteiger partial charge in [0, 0.05) is 6.07 Å². The van der Waals surface area contributed by atoms with Gasteiger partial charge in [-0.15, -0.1) is 0 Å². The number of aromatic hydroxyl groups is 2. The molecule has 0 aliphatic carbocycles. The summed E-state index contributed by atoms with van der Waals surface area (Å²) in [5.74, 6) is -2.33. The smallest absolute Gasteiger partial charge is 0.335 e. The van der Waals surface area contributed by atoms with E-state index in [4.69, 9.17) is 21.8 Å². The standard InChI is InChI=1S/C14H10ClNO5/c15-10-5-7(14(20)21)1-4-11(10)16-13(19)9-3-2-8(17)6-12(9)18/h1-6,17-18H,(H,16,19)(H,20,21). The molecule has 0 heterocycles. The number of phenols is 2. The zero-order chi connectivity index (χ0) is 15.6. The van der Waals surface area contributed by atoms with Crippen molar-refractivity contribution in [1.29, 1.82) is 0 Å². The quantitative estimate of drug-likeness (QED) is 0.697. The van der Waals surface area contributed by atoms with Crippen molar-refractivity contribution in [2.75, 3.05) is 5.32 Å². The number of anilines is 1. The van der Waals surface area contributed by atoms with E-state index in [2.05, 4.69) is 5.32 Å². The molecule has 2 rings (SSSR count). The lowest BCUT2D eigenvalue weighted by molar-refractivity contribution is 0.0696. The molecule has 7 heteroatoms. The van der Waals surface area contributed by atoms with Gasteiger partial charge in [0.05, 0.1) is 21.8 Å². The molecule has 4 N–H and O–H groups in total. The summed E-state index contributed by atoms with van der Waals surface area (Å²) in [5, 5.41) is 30.1. The Morgan fingerprint density at radius 2 is 1.76 bits per heavy atom. The summed E-state index contributed by atoms with van der Waals surface area (Å²) in [4.78, 5) is 22.8. The van der Waals surface area contributed by atoms with Gasteiger partial charge in [0.1, 0.15) is 11.5 Å². The van der Waals surface area contributed by atoms with E-state index in [0.717, 1.165) is 6.07 Å². The van der Waals surface area contributed by atoms with Crippen molar-refractivity contribution >= 4 is 29.2 Å². The molecule has 108 valence electrons. The first-order valence-electron chi connectivity index (χ1n) is 5.74. The third kappa shape index (κ3) is 3.24. The third-order valence-corrected chi connectivity index (χ3v) is 3.00. The molecule has 0 radical (unpaired) electrons. The van der Waals surface area contributed by atoms with Crippen LogP contribution in [0.15, 0.2) is 36.4 Å². The number of aromatic carboxylic acids is 1. The number of carboxylic acids is 1. The number of benzene rings is 2. The molecular weight excluding hydrogens is 298 g/mol. The maximum atomic E-state index is 12.0. The highest BCUT2D eigenvalue weighted by molar-refractivity contribution is 6.34. The summed E-state index contributed by atoms with van der Waals surface area (Å²) in [7, 11) is 0. The van der Waals surface area contributed by atoms with Gasteiger partial charge in [-0.2, -0.15) is 0 Å². The predicted octanol–water partition coefficient (Wildman–Crippen LogP) is 2.70. The average molecular weight is 308 g/mol. The van der Waals surface area contributed by atoms with E-state index in [1.807, 2.05) is 0 Å². The molecule has 2 aromatic rings. The van der Waals surface area contributed by atoms with E-state index in [1.165, 1.54) is 30.3 Å². The molecule has 1 amide bonds. The van der Waals surface area contributed by atoms with E-state index >= 15 is 0 Å². The van der Waals surface area contributed by atoms with Gasteiger partial charge >= 0.3 is 5.97 Å². The minimum Gasteiger partial charge on any atom is -0.508 e. The Hall–Kier alpha value is -2.73. The molecule has 0 atom stereocenters. The van der Waals surface area contributed by atoms with Crippen molar-refractivity contribution < 1.29 is 24.9 Å². The number of phenolic OH excluding ortho intramolecular Hbond substituents is 2. The van der Waals surface area contributed by atoms with E-state index in [9.17, 15) is 14.7 Å². The van der Waals surface area contributed by atoms with Gasteiger partial charge in [-0.3, -0.25) is 4.79 Å². The Bertz CT molecular complexity index is 729. The Morgan fingerprint density at radius 3 is 2.33 bits per heavy atom. The highest BCUT2D eigenvalue weighted by atomic mass is 35.5. The minimum absolute atomic E-state index is 0.00882. The molecule has 0 aliphatic rings. The molecular formula is C14H10ClNO5. The number of carbonyl (C=O) groups is 2. The first-order chi connectivity index (χ1) is 9.88. The van der Waals surface area contributed by atoms with Crippen LogP contribution in [0, 0.1) is 0 Å². The minimum atomic E-state index is -1.13. The fraction of sp³-hybridized carbons (Fsp3) is 0. The van der Waals surface area contributed by atoms with Gasteiger partial charge in [0.2, 0.25) is 0 Å².